The summed E-state index contributed by atoms with van der Waals surface area (Å²) in [4.78, 5) is 26.8. The molecule has 0 aliphatic carbocycles. The molecule has 3 rings (SSSR count). The summed E-state index contributed by atoms with van der Waals surface area (Å²) in [5, 5.41) is 0.696. The van der Waals surface area contributed by atoms with Gasteiger partial charge in [0.25, 0.3) is 5.91 Å². The number of carbonyl (C=O) groups is 1. The number of amides is 1. The maximum Gasteiger partial charge on any atom is 0.256 e. The summed E-state index contributed by atoms with van der Waals surface area (Å²) in [5.41, 5.74) is 7.00. The number of hydrogen-bond acceptors (Lipinski definition) is 7. The average molecular weight is 331 g/mol. The number of aromatic nitrogens is 3. The monoisotopic (exact) mass is 331 g/mol. The van der Waals surface area contributed by atoms with Crippen LogP contribution in [0.4, 0.5) is 5.95 Å². The number of nitrogen functional groups attached to an aromatic ring is 1. The highest BCUT2D eigenvalue weighted by Gasteiger charge is 2.21. The lowest BCUT2D eigenvalue weighted by Crippen LogP contribution is -2.40. The van der Waals surface area contributed by atoms with Crippen molar-refractivity contribution < 1.29 is 9.53 Å². The number of pyridine rings is 1. The van der Waals surface area contributed by atoms with Gasteiger partial charge in [-0.1, -0.05) is 11.8 Å². The van der Waals surface area contributed by atoms with E-state index in [1.54, 1.807) is 29.4 Å². The zero-order chi connectivity index (χ0) is 16.1. The summed E-state index contributed by atoms with van der Waals surface area (Å²) in [7, 11) is 0. The Morgan fingerprint density at radius 1 is 1.26 bits per heavy atom. The van der Waals surface area contributed by atoms with Crippen LogP contribution in [0.5, 0.6) is 0 Å². The molecule has 0 spiro atoms. The minimum atomic E-state index is -0.00824. The highest BCUT2D eigenvalue weighted by molar-refractivity contribution is 7.98. The van der Waals surface area contributed by atoms with Gasteiger partial charge in [0.2, 0.25) is 5.95 Å². The van der Waals surface area contributed by atoms with Crippen molar-refractivity contribution in [3.8, 4) is 0 Å². The minimum Gasteiger partial charge on any atom is -0.378 e. The third-order valence-corrected chi connectivity index (χ3v) is 4.43. The lowest BCUT2D eigenvalue weighted by atomic mass is 10.2. The van der Waals surface area contributed by atoms with Crippen molar-refractivity contribution in [2.24, 2.45) is 0 Å². The van der Waals surface area contributed by atoms with Crippen LogP contribution >= 0.6 is 11.8 Å². The topological polar surface area (TPSA) is 94.2 Å². The van der Waals surface area contributed by atoms with Crippen LogP contribution in [-0.2, 0) is 10.5 Å². The van der Waals surface area contributed by atoms with Gasteiger partial charge in [-0.15, -0.1) is 0 Å². The van der Waals surface area contributed by atoms with E-state index in [1.807, 2.05) is 6.07 Å². The van der Waals surface area contributed by atoms with Crippen molar-refractivity contribution in [1.29, 1.82) is 0 Å². The Hall–Kier alpha value is -2.19. The molecule has 2 aromatic heterocycles. The Bertz CT molecular complexity index is 691. The summed E-state index contributed by atoms with van der Waals surface area (Å²) < 4.78 is 5.29. The summed E-state index contributed by atoms with van der Waals surface area (Å²) in [6, 6.07) is 5.39. The van der Waals surface area contributed by atoms with Gasteiger partial charge in [0.1, 0.15) is 5.03 Å². The van der Waals surface area contributed by atoms with Crippen molar-refractivity contribution in [3.63, 3.8) is 0 Å². The van der Waals surface area contributed by atoms with Crippen molar-refractivity contribution >= 4 is 23.6 Å². The van der Waals surface area contributed by atoms with Crippen molar-refractivity contribution in [2.45, 2.75) is 10.8 Å². The molecular formula is C15H17N5O2S. The molecule has 0 atom stereocenters. The first-order chi connectivity index (χ1) is 11.2. The fourth-order valence-corrected chi connectivity index (χ4v) is 3.13. The van der Waals surface area contributed by atoms with E-state index in [1.165, 1.54) is 11.8 Å². The molecule has 0 bridgehead atoms. The quantitative estimate of drug-likeness (QED) is 0.842. The van der Waals surface area contributed by atoms with Crippen LogP contribution in [-0.4, -0.2) is 52.1 Å². The summed E-state index contributed by atoms with van der Waals surface area (Å²) in [6.07, 6.45) is 3.31. The minimum absolute atomic E-state index is 0.00824. The largest absolute Gasteiger partial charge is 0.378 e. The molecule has 1 aliphatic heterocycles. The van der Waals surface area contributed by atoms with E-state index < -0.39 is 0 Å². The molecule has 2 aromatic rings. The Balaban J connectivity index is 1.73. The molecule has 0 unspecified atom stereocenters. The summed E-state index contributed by atoms with van der Waals surface area (Å²) in [5.74, 6) is 0.812. The number of ether oxygens (including phenoxy) is 1. The van der Waals surface area contributed by atoms with E-state index >= 15 is 0 Å². The molecule has 7 nitrogen and oxygen atoms in total. The molecule has 1 amide bonds. The average Bonchev–Trinajstić information content (AvgIpc) is 2.60. The number of rotatable bonds is 4. The Labute approximate surface area is 138 Å². The fourth-order valence-electron chi connectivity index (χ4n) is 2.24. The van der Waals surface area contributed by atoms with Crippen molar-refractivity contribution in [2.75, 3.05) is 32.0 Å². The van der Waals surface area contributed by atoms with Crippen molar-refractivity contribution in [3.05, 3.63) is 41.9 Å². The van der Waals surface area contributed by atoms with Gasteiger partial charge in [-0.05, 0) is 18.2 Å². The molecule has 1 saturated heterocycles. The summed E-state index contributed by atoms with van der Waals surface area (Å²) in [6.45, 7) is 2.38. The molecule has 0 radical (unpaired) electrons. The number of anilines is 1. The zero-order valence-electron chi connectivity index (χ0n) is 12.5. The predicted molar refractivity (Wildman–Crippen MR) is 87.0 cm³/mol. The Kier molecular flexibility index (Phi) is 5.04. The molecule has 2 N–H and O–H groups in total. The number of nitrogens with zero attached hydrogens (tertiary/aromatic N) is 4. The van der Waals surface area contributed by atoms with E-state index in [-0.39, 0.29) is 11.9 Å². The molecule has 0 aromatic carbocycles. The van der Waals surface area contributed by atoms with E-state index in [2.05, 4.69) is 15.0 Å². The normalized spacial score (nSPS) is 14.7. The first kappa shape index (κ1) is 15.7. The Morgan fingerprint density at radius 2 is 2.09 bits per heavy atom. The number of hydrogen-bond donors (Lipinski definition) is 1. The second-order valence-corrected chi connectivity index (χ2v) is 5.92. The molecular weight excluding hydrogens is 314 g/mol. The van der Waals surface area contributed by atoms with Crippen LogP contribution < -0.4 is 5.73 Å². The third kappa shape index (κ3) is 3.96. The van der Waals surface area contributed by atoms with Gasteiger partial charge in [0, 0.05) is 31.2 Å². The molecule has 3 heterocycles. The number of carbonyl (C=O) groups excluding carboxylic acids is 1. The maximum atomic E-state index is 12.7. The lowest BCUT2D eigenvalue weighted by molar-refractivity contribution is 0.0300. The van der Waals surface area contributed by atoms with Crippen LogP contribution in [0.1, 0.15) is 16.1 Å². The maximum absolute atomic E-state index is 12.7. The first-order valence-corrected chi connectivity index (χ1v) is 8.25. The van der Waals surface area contributed by atoms with Gasteiger partial charge in [-0.2, -0.15) is 0 Å². The molecule has 1 aliphatic rings. The van der Waals surface area contributed by atoms with Crippen LogP contribution in [0.3, 0.4) is 0 Å². The molecule has 120 valence electrons. The lowest BCUT2D eigenvalue weighted by Gasteiger charge is -2.27. The Morgan fingerprint density at radius 3 is 2.87 bits per heavy atom. The molecule has 1 fully saturated rings. The highest BCUT2D eigenvalue weighted by atomic mass is 32.2. The van der Waals surface area contributed by atoms with Crippen LogP contribution in [0.25, 0.3) is 0 Å². The fraction of sp³-hybridized carbons (Fsp3) is 0.333. The van der Waals surface area contributed by atoms with Crippen LogP contribution in [0.15, 0.2) is 35.6 Å². The number of nitrogens with two attached hydrogens (primary N) is 1. The van der Waals surface area contributed by atoms with Crippen LogP contribution in [0, 0.1) is 0 Å². The van der Waals surface area contributed by atoms with Crippen molar-refractivity contribution in [1.82, 2.24) is 19.9 Å². The number of thioether (sulfide) groups is 1. The smallest absolute Gasteiger partial charge is 0.256 e. The van der Waals surface area contributed by atoms with Gasteiger partial charge in [0.05, 0.1) is 24.5 Å². The van der Waals surface area contributed by atoms with Gasteiger partial charge < -0.3 is 15.4 Å². The summed E-state index contributed by atoms with van der Waals surface area (Å²) >= 11 is 1.47. The first-order valence-electron chi connectivity index (χ1n) is 7.26. The van der Waals surface area contributed by atoms with Gasteiger partial charge >= 0.3 is 0 Å². The highest BCUT2D eigenvalue weighted by Crippen LogP contribution is 2.24. The third-order valence-electron chi connectivity index (χ3n) is 3.39. The van der Waals surface area contributed by atoms with Gasteiger partial charge in [-0.3, -0.25) is 4.79 Å². The van der Waals surface area contributed by atoms with Crippen LogP contribution in [0.2, 0.25) is 0 Å². The second-order valence-electron chi connectivity index (χ2n) is 4.96. The van der Waals surface area contributed by atoms with Gasteiger partial charge in [0.15, 0.2) is 0 Å². The standard InChI is InChI=1S/C15H17N5O2S/c16-15-18-5-3-11(19-15)10-23-13-12(2-1-4-17-13)14(21)20-6-8-22-9-7-20/h1-5H,6-10H2,(H2,16,18,19). The van der Waals surface area contributed by atoms with E-state index in [0.29, 0.717) is 42.6 Å². The van der Waals surface area contributed by atoms with E-state index in [9.17, 15) is 4.79 Å². The van der Waals surface area contributed by atoms with Gasteiger partial charge in [-0.25, -0.2) is 15.0 Å². The molecule has 0 saturated carbocycles. The van der Waals surface area contributed by atoms with E-state index in [0.717, 1.165) is 5.69 Å². The predicted octanol–water partition coefficient (Wildman–Crippen LogP) is 1.22. The van der Waals surface area contributed by atoms with E-state index in [4.69, 9.17) is 10.5 Å². The molecule has 23 heavy (non-hydrogen) atoms. The zero-order valence-corrected chi connectivity index (χ0v) is 13.3. The number of morpholine rings is 1. The SMILES string of the molecule is Nc1nccc(CSc2ncccc2C(=O)N2CCOCC2)n1. The molecule has 8 heteroatoms. The second kappa shape index (κ2) is 7.38.